The summed E-state index contributed by atoms with van der Waals surface area (Å²) in [7, 11) is 1.94. The highest BCUT2D eigenvalue weighted by Crippen LogP contribution is 2.28. The summed E-state index contributed by atoms with van der Waals surface area (Å²) in [4.78, 5) is 9.64. The maximum absolute atomic E-state index is 4.86. The van der Waals surface area contributed by atoms with Gasteiger partial charge in [-0.2, -0.15) is 5.10 Å². The molecule has 0 amide bonds. The van der Waals surface area contributed by atoms with Gasteiger partial charge in [-0.3, -0.25) is 4.68 Å². The smallest absolute Gasteiger partial charge is 0.165 e. The van der Waals surface area contributed by atoms with E-state index >= 15 is 0 Å². The Labute approximate surface area is 125 Å². The second kappa shape index (κ2) is 5.84. The summed E-state index contributed by atoms with van der Waals surface area (Å²) in [6.45, 7) is 5.01. The highest BCUT2D eigenvalue weighted by Gasteiger charge is 2.18. The molecule has 0 fully saturated rings. The van der Waals surface area contributed by atoms with Gasteiger partial charge in [-0.25, -0.2) is 9.97 Å². The number of nitrogens with one attached hydrogen (secondary N) is 1. The highest BCUT2D eigenvalue weighted by atomic mass is 15.3. The molecule has 0 radical (unpaired) electrons. The zero-order valence-electron chi connectivity index (χ0n) is 13.1. The summed E-state index contributed by atoms with van der Waals surface area (Å²) >= 11 is 0. The van der Waals surface area contributed by atoms with Crippen LogP contribution in [0.4, 0.5) is 5.82 Å². The van der Waals surface area contributed by atoms with Gasteiger partial charge in [-0.15, -0.1) is 0 Å². The van der Waals surface area contributed by atoms with E-state index in [1.165, 1.54) is 30.5 Å². The topological polar surface area (TPSA) is 55.6 Å². The minimum Gasteiger partial charge on any atom is -0.370 e. The maximum atomic E-state index is 4.86. The fourth-order valence-corrected chi connectivity index (χ4v) is 3.02. The quantitative estimate of drug-likeness (QED) is 0.881. The molecular weight excluding hydrogens is 262 g/mol. The molecule has 112 valence electrons. The minimum absolute atomic E-state index is 0.803. The van der Waals surface area contributed by atoms with Crippen LogP contribution in [-0.2, 0) is 19.9 Å². The molecule has 1 aliphatic carbocycles. The largest absolute Gasteiger partial charge is 0.370 e. The van der Waals surface area contributed by atoms with Crippen molar-refractivity contribution in [2.75, 3.05) is 11.9 Å². The molecule has 5 heteroatoms. The van der Waals surface area contributed by atoms with Gasteiger partial charge in [0.1, 0.15) is 5.82 Å². The third kappa shape index (κ3) is 2.77. The van der Waals surface area contributed by atoms with Crippen LogP contribution in [-0.4, -0.2) is 26.3 Å². The van der Waals surface area contributed by atoms with Crippen molar-refractivity contribution in [3.05, 3.63) is 23.1 Å². The summed E-state index contributed by atoms with van der Waals surface area (Å²) in [5, 5.41) is 7.83. The number of nitrogens with zero attached hydrogens (tertiary/aromatic N) is 4. The van der Waals surface area contributed by atoms with Gasteiger partial charge in [0.25, 0.3) is 0 Å². The predicted molar refractivity (Wildman–Crippen MR) is 84.4 cm³/mol. The molecule has 1 aliphatic rings. The number of aryl methyl sites for hydroxylation is 3. The Morgan fingerprint density at radius 2 is 2.00 bits per heavy atom. The number of fused-ring (bicyclic) bond motifs is 1. The lowest BCUT2D eigenvalue weighted by Gasteiger charge is -2.13. The average molecular weight is 285 g/mol. The first-order chi connectivity index (χ1) is 10.2. The van der Waals surface area contributed by atoms with E-state index in [1.54, 1.807) is 0 Å². The van der Waals surface area contributed by atoms with Gasteiger partial charge in [-0.05, 0) is 39.5 Å². The summed E-state index contributed by atoms with van der Waals surface area (Å²) in [6, 6.07) is 0. The fraction of sp³-hybridized carbons (Fsp3) is 0.562. The number of hydrogen-bond acceptors (Lipinski definition) is 4. The summed E-state index contributed by atoms with van der Waals surface area (Å²) < 4.78 is 1.83. The van der Waals surface area contributed by atoms with Crippen molar-refractivity contribution in [1.82, 2.24) is 19.7 Å². The van der Waals surface area contributed by atoms with Crippen molar-refractivity contribution >= 4 is 5.82 Å². The summed E-state index contributed by atoms with van der Waals surface area (Å²) in [5.74, 6) is 1.82. The molecule has 0 aromatic carbocycles. The Hall–Kier alpha value is -1.91. The van der Waals surface area contributed by atoms with Gasteiger partial charge in [0.2, 0.25) is 0 Å². The van der Waals surface area contributed by atoms with E-state index in [0.29, 0.717) is 0 Å². The first kappa shape index (κ1) is 14.0. The van der Waals surface area contributed by atoms with Crippen LogP contribution in [0, 0.1) is 6.92 Å². The van der Waals surface area contributed by atoms with Crippen molar-refractivity contribution < 1.29 is 0 Å². The Balaban J connectivity index is 2.11. The predicted octanol–water partition coefficient (Wildman–Crippen LogP) is 2.89. The van der Waals surface area contributed by atoms with E-state index in [9.17, 15) is 0 Å². The van der Waals surface area contributed by atoms with Crippen molar-refractivity contribution in [2.45, 2.75) is 46.0 Å². The normalized spacial score (nSPS) is 14.6. The lowest BCUT2D eigenvalue weighted by Crippen LogP contribution is -2.09. The van der Waals surface area contributed by atoms with Gasteiger partial charge in [0.15, 0.2) is 5.82 Å². The minimum atomic E-state index is 0.803. The number of aromatic nitrogens is 4. The Morgan fingerprint density at radius 1 is 1.19 bits per heavy atom. The van der Waals surface area contributed by atoms with Crippen molar-refractivity contribution in [3.8, 4) is 11.4 Å². The van der Waals surface area contributed by atoms with E-state index in [0.717, 1.165) is 42.3 Å². The molecule has 3 rings (SSSR count). The molecule has 2 aromatic rings. The molecule has 2 heterocycles. The monoisotopic (exact) mass is 285 g/mol. The molecule has 21 heavy (non-hydrogen) atoms. The molecule has 5 nitrogen and oxygen atoms in total. The molecule has 0 unspecified atom stereocenters. The highest BCUT2D eigenvalue weighted by molar-refractivity contribution is 5.61. The third-order valence-corrected chi connectivity index (χ3v) is 4.03. The molecule has 0 saturated carbocycles. The van der Waals surface area contributed by atoms with Crippen molar-refractivity contribution in [3.63, 3.8) is 0 Å². The Bertz CT molecular complexity index is 644. The van der Waals surface area contributed by atoms with Crippen LogP contribution in [0.25, 0.3) is 11.4 Å². The van der Waals surface area contributed by atoms with Crippen LogP contribution in [0.1, 0.15) is 43.1 Å². The Kier molecular flexibility index (Phi) is 3.90. The first-order valence-corrected chi connectivity index (χ1v) is 7.83. The van der Waals surface area contributed by atoms with Gasteiger partial charge in [-0.1, -0.05) is 6.42 Å². The molecule has 0 atom stereocenters. The lowest BCUT2D eigenvalue weighted by atomic mass is 10.1. The average Bonchev–Trinajstić information content (AvgIpc) is 2.66. The zero-order valence-corrected chi connectivity index (χ0v) is 13.1. The molecular formula is C16H23N5. The van der Waals surface area contributed by atoms with Crippen LogP contribution in [0.2, 0.25) is 0 Å². The second-order valence-corrected chi connectivity index (χ2v) is 5.71. The van der Waals surface area contributed by atoms with E-state index in [2.05, 4.69) is 17.3 Å². The summed E-state index contributed by atoms with van der Waals surface area (Å²) in [6.07, 6.45) is 7.89. The van der Waals surface area contributed by atoms with Gasteiger partial charge >= 0.3 is 0 Å². The Morgan fingerprint density at radius 3 is 2.71 bits per heavy atom. The van der Waals surface area contributed by atoms with E-state index in [-0.39, 0.29) is 0 Å². The number of rotatable bonds is 3. The molecule has 0 spiro atoms. The van der Waals surface area contributed by atoms with Crippen LogP contribution in [0.5, 0.6) is 0 Å². The first-order valence-electron chi connectivity index (χ1n) is 7.83. The third-order valence-electron chi connectivity index (χ3n) is 4.03. The molecule has 0 aliphatic heterocycles. The number of hydrogen-bond donors (Lipinski definition) is 1. The molecule has 0 saturated heterocycles. The van der Waals surface area contributed by atoms with E-state index in [1.807, 2.05) is 24.9 Å². The van der Waals surface area contributed by atoms with Gasteiger partial charge in [0, 0.05) is 31.0 Å². The van der Waals surface area contributed by atoms with Gasteiger partial charge < -0.3 is 5.32 Å². The lowest BCUT2D eigenvalue weighted by molar-refractivity contribution is 0.709. The fourth-order valence-electron chi connectivity index (χ4n) is 3.02. The molecule has 1 N–H and O–H groups in total. The second-order valence-electron chi connectivity index (χ2n) is 5.71. The van der Waals surface area contributed by atoms with E-state index in [4.69, 9.17) is 9.97 Å². The van der Waals surface area contributed by atoms with Crippen molar-refractivity contribution in [1.29, 1.82) is 0 Å². The maximum Gasteiger partial charge on any atom is 0.165 e. The van der Waals surface area contributed by atoms with Crippen LogP contribution in [0.3, 0.4) is 0 Å². The molecule has 0 bridgehead atoms. The SMILES string of the molecule is CCNc1nc(-c2cn(C)nc2C)nc2c1CCCCC2. The van der Waals surface area contributed by atoms with E-state index < -0.39 is 0 Å². The number of anilines is 1. The zero-order chi connectivity index (χ0) is 14.8. The van der Waals surface area contributed by atoms with Gasteiger partial charge in [0.05, 0.1) is 11.3 Å². The standard InChI is InChI=1S/C16H23N5/c1-4-17-15-12-8-6-5-7-9-14(12)18-16(19-15)13-10-21(3)20-11(13)2/h10H,4-9H2,1-3H3,(H,17,18,19). The molecule has 2 aromatic heterocycles. The van der Waals surface area contributed by atoms with Crippen LogP contribution in [0.15, 0.2) is 6.20 Å². The van der Waals surface area contributed by atoms with Crippen molar-refractivity contribution in [2.24, 2.45) is 7.05 Å². The summed E-state index contributed by atoms with van der Waals surface area (Å²) in [5.41, 5.74) is 4.55. The van der Waals surface area contributed by atoms with Crippen LogP contribution < -0.4 is 5.32 Å². The van der Waals surface area contributed by atoms with Crippen LogP contribution >= 0.6 is 0 Å².